The molecule has 1 amide bonds. The molecule has 0 radical (unpaired) electrons. The van der Waals surface area contributed by atoms with Crippen LogP contribution in [-0.4, -0.2) is 18.5 Å². The van der Waals surface area contributed by atoms with Crippen LogP contribution in [-0.2, 0) is 4.79 Å². The monoisotopic (exact) mass is 198 g/mol. The summed E-state index contributed by atoms with van der Waals surface area (Å²) in [4.78, 5) is 11.4. The SMILES string of the molecule is CC(N)CC(=O)NCC1(C)CCCC1. The fourth-order valence-electron chi connectivity index (χ4n) is 2.08. The van der Waals surface area contributed by atoms with Gasteiger partial charge in [-0.15, -0.1) is 0 Å². The van der Waals surface area contributed by atoms with E-state index < -0.39 is 0 Å². The first-order valence-corrected chi connectivity index (χ1v) is 5.54. The molecule has 3 N–H and O–H groups in total. The number of carbonyl (C=O) groups excluding carboxylic acids is 1. The Labute approximate surface area is 86.4 Å². The fraction of sp³-hybridized carbons (Fsp3) is 0.909. The Kier molecular flexibility index (Phi) is 3.93. The quantitative estimate of drug-likeness (QED) is 0.718. The molecule has 1 unspecified atom stereocenters. The highest BCUT2D eigenvalue weighted by molar-refractivity contribution is 5.76. The van der Waals surface area contributed by atoms with Crippen LogP contribution in [0.1, 0.15) is 46.0 Å². The van der Waals surface area contributed by atoms with E-state index in [0.29, 0.717) is 11.8 Å². The highest BCUT2D eigenvalue weighted by atomic mass is 16.1. The number of hydrogen-bond donors (Lipinski definition) is 2. The van der Waals surface area contributed by atoms with E-state index in [2.05, 4.69) is 12.2 Å². The van der Waals surface area contributed by atoms with Gasteiger partial charge in [0.2, 0.25) is 5.91 Å². The largest absolute Gasteiger partial charge is 0.356 e. The molecule has 14 heavy (non-hydrogen) atoms. The van der Waals surface area contributed by atoms with Crippen molar-refractivity contribution < 1.29 is 4.79 Å². The summed E-state index contributed by atoms with van der Waals surface area (Å²) in [5.41, 5.74) is 5.89. The summed E-state index contributed by atoms with van der Waals surface area (Å²) >= 11 is 0. The molecule has 0 saturated heterocycles. The Morgan fingerprint density at radius 3 is 2.57 bits per heavy atom. The van der Waals surface area contributed by atoms with E-state index in [1.807, 2.05) is 6.92 Å². The van der Waals surface area contributed by atoms with Gasteiger partial charge in [0.25, 0.3) is 0 Å². The Balaban J connectivity index is 2.22. The predicted octanol–water partition coefficient (Wildman–Crippen LogP) is 1.42. The summed E-state index contributed by atoms with van der Waals surface area (Å²) in [5, 5.41) is 2.98. The second kappa shape index (κ2) is 4.78. The lowest BCUT2D eigenvalue weighted by Gasteiger charge is -2.23. The smallest absolute Gasteiger partial charge is 0.221 e. The molecule has 0 aromatic heterocycles. The summed E-state index contributed by atoms with van der Waals surface area (Å²) in [7, 11) is 0. The third kappa shape index (κ3) is 3.66. The van der Waals surface area contributed by atoms with Crippen LogP contribution in [0.3, 0.4) is 0 Å². The second-order valence-corrected chi connectivity index (χ2v) is 4.98. The van der Waals surface area contributed by atoms with Crippen LogP contribution >= 0.6 is 0 Å². The minimum atomic E-state index is -0.0358. The highest BCUT2D eigenvalue weighted by Gasteiger charge is 2.28. The second-order valence-electron chi connectivity index (χ2n) is 4.98. The molecule has 3 nitrogen and oxygen atoms in total. The molecule has 0 heterocycles. The molecule has 0 aliphatic heterocycles. The number of nitrogens with one attached hydrogen (secondary N) is 1. The average molecular weight is 198 g/mol. The standard InChI is InChI=1S/C11H22N2O/c1-9(12)7-10(14)13-8-11(2)5-3-4-6-11/h9H,3-8,12H2,1-2H3,(H,13,14). The lowest BCUT2D eigenvalue weighted by molar-refractivity contribution is -0.121. The zero-order valence-corrected chi connectivity index (χ0v) is 9.31. The maximum Gasteiger partial charge on any atom is 0.221 e. The van der Waals surface area contributed by atoms with E-state index in [0.717, 1.165) is 6.54 Å². The van der Waals surface area contributed by atoms with Gasteiger partial charge in [0, 0.05) is 19.0 Å². The molecular formula is C11H22N2O. The van der Waals surface area contributed by atoms with Crippen molar-refractivity contribution in [3.63, 3.8) is 0 Å². The summed E-state index contributed by atoms with van der Waals surface area (Å²) in [6.45, 7) is 4.93. The highest BCUT2D eigenvalue weighted by Crippen LogP contribution is 2.36. The molecule has 1 fully saturated rings. The van der Waals surface area contributed by atoms with Crippen molar-refractivity contribution in [1.82, 2.24) is 5.32 Å². The van der Waals surface area contributed by atoms with Gasteiger partial charge in [-0.05, 0) is 25.2 Å². The average Bonchev–Trinajstić information content (AvgIpc) is 2.49. The Morgan fingerprint density at radius 1 is 1.50 bits per heavy atom. The zero-order valence-electron chi connectivity index (χ0n) is 9.31. The van der Waals surface area contributed by atoms with Crippen molar-refractivity contribution in [2.75, 3.05) is 6.54 Å². The molecule has 82 valence electrons. The van der Waals surface area contributed by atoms with Crippen molar-refractivity contribution in [2.45, 2.75) is 52.0 Å². The van der Waals surface area contributed by atoms with Crippen molar-refractivity contribution in [3.05, 3.63) is 0 Å². The van der Waals surface area contributed by atoms with Gasteiger partial charge in [-0.3, -0.25) is 4.79 Å². The molecule has 0 aromatic rings. The minimum absolute atomic E-state index is 0.0358. The molecule has 1 atom stereocenters. The van der Waals surface area contributed by atoms with Gasteiger partial charge in [-0.1, -0.05) is 19.8 Å². The fourth-order valence-corrected chi connectivity index (χ4v) is 2.08. The molecule has 3 heteroatoms. The van der Waals surface area contributed by atoms with Crippen molar-refractivity contribution in [2.24, 2.45) is 11.1 Å². The van der Waals surface area contributed by atoms with Crippen LogP contribution < -0.4 is 11.1 Å². The number of carbonyl (C=O) groups is 1. The first-order valence-electron chi connectivity index (χ1n) is 5.54. The van der Waals surface area contributed by atoms with Crippen molar-refractivity contribution >= 4 is 5.91 Å². The molecule has 0 aromatic carbocycles. The van der Waals surface area contributed by atoms with E-state index in [9.17, 15) is 4.79 Å². The van der Waals surface area contributed by atoms with E-state index in [1.165, 1.54) is 25.7 Å². The van der Waals surface area contributed by atoms with Gasteiger partial charge in [0.05, 0.1) is 0 Å². The maximum atomic E-state index is 11.4. The third-order valence-corrected chi connectivity index (χ3v) is 3.03. The Bertz CT molecular complexity index is 195. The van der Waals surface area contributed by atoms with Gasteiger partial charge < -0.3 is 11.1 Å². The zero-order chi connectivity index (χ0) is 10.6. The van der Waals surface area contributed by atoms with Gasteiger partial charge in [-0.2, -0.15) is 0 Å². The molecule has 1 aliphatic carbocycles. The van der Waals surface area contributed by atoms with Crippen LogP contribution in [0.2, 0.25) is 0 Å². The van der Waals surface area contributed by atoms with Gasteiger partial charge in [0.15, 0.2) is 0 Å². The number of amides is 1. The topological polar surface area (TPSA) is 55.1 Å². The Hall–Kier alpha value is -0.570. The number of rotatable bonds is 4. The molecular weight excluding hydrogens is 176 g/mol. The van der Waals surface area contributed by atoms with Gasteiger partial charge >= 0.3 is 0 Å². The Morgan fingerprint density at radius 2 is 2.07 bits per heavy atom. The molecule has 0 bridgehead atoms. The van der Waals surface area contributed by atoms with Gasteiger partial charge in [0.1, 0.15) is 0 Å². The third-order valence-electron chi connectivity index (χ3n) is 3.03. The lowest BCUT2D eigenvalue weighted by Crippen LogP contribution is -2.36. The van der Waals surface area contributed by atoms with Crippen LogP contribution in [0, 0.1) is 5.41 Å². The minimum Gasteiger partial charge on any atom is -0.356 e. The van der Waals surface area contributed by atoms with Crippen LogP contribution in [0.15, 0.2) is 0 Å². The molecule has 1 rings (SSSR count). The molecule has 1 saturated carbocycles. The van der Waals surface area contributed by atoms with Crippen molar-refractivity contribution in [1.29, 1.82) is 0 Å². The number of hydrogen-bond acceptors (Lipinski definition) is 2. The van der Waals surface area contributed by atoms with Crippen LogP contribution in [0.25, 0.3) is 0 Å². The van der Waals surface area contributed by atoms with Crippen LogP contribution in [0.4, 0.5) is 0 Å². The van der Waals surface area contributed by atoms with E-state index in [-0.39, 0.29) is 11.9 Å². The lowest BCUT2D eigenvalue weighted by atomic mass is 9.89. The number of nitrogens with two attached hydrogens (primary N) is 1. The summed E-state index contributed by atoms with van der Waals surface area (Å²) in [5.74, 6) is 0.0909. The van der Waals surface area contributed by atoms with E-state index in [4.69, 9.17) is 5.73 Å². The normalized spacial score (nSPS) is 21.9. The summed E-state index contributed by atoms with van der Waals surface area (Å²) in [6.07, 6.45) is 5.53. The van der Waals surface area contributed by atoms with Crippen LogP contribution in [0.5, 0.6) is 0 Å². The van der Waals surface area contributed by atoms with E-state index >= 15 is 0 Å². The first kappa shape index (κ1) is 11.5. The maximum absolute atomic E-state index is 11.4. The summed E-state index contributed by atoms with van der Waals surface area (Å²) < 4.78 is 0. The molecule has 0 spiro atoms. The van der Waals surface area contributed by atoms with E-state index in [1.54, 1.807) is 0 Å². The first-order chi connectivity index (χ1) is 6.52. The molecule has 1 aliphatic rings. The summed E-state index contributed by atoms with van der Waals surface area (Å²) in [6, 6.07) is -0.0358. The van der Waals surface area contributed by atoms with Gasteiger partial charge in [-0.25, -0.2) is 0 Å². The predicted molar refractivity (Wildman–Crippen MR) is 57.9 cm³/mol. The van der Waals surface area contributed by atoms with Crippen molar-refractivity contribution in [3.8, 4) is 0 Å².